The molecule has 0 aliphatic carbocycles. The fourth-order valence-corrected chi connectivity index (χ4v) is 3.36. The summed E-state index contributed by atoms with van der Waals surface area (Å²) in [7, 11) is 0. The highest BCUT2D eigenvalue weighted by molar-refractivity contribution is 6.16. The van der Waals surface area contributed by atoms with Crippen LogP contribution < -0.4 is 0 Å². The number of hydrogen-bond acceptors (Lipinski definition) is 3. The van der Waals surface area contributed by atoms with Crippen LogP contribution in [0.4, 0.5) is 0 Å². The van der Waals surface area contributed by atoms with Gasteiger partial charge in [0.05, 0.1) is 23.2 Å². The van der Waals surface area contributed by atoms with E-state index in [0.717, 1.165) is 42.3 Å². The third kappa shape index (κ3) is 1.72. The smallest absolute Gasteiger partial charge is 0.159 e. The average Bonchev–Trinajstić information content (AvgIpc) is 3.05. The maximum absolute atomic E-state index is 6.14. The normalized spacial score (nSPS) is 26.8. The lowest BCUT2D eigenvalue weighted by Crippen LogP contribution is -2.38. The van der Waals surface area contributed by atoms with E-state index in [9.17, 15) is 0 Å². The van der Waals surface area contributed by atoms with Crippen LogP contribution in [0.2, 0.25) is 0 Å². The number of fused-ring (bicyclic) bond motifs is 1. The van der Waals surface area contributed by atoms with Crippen LogP contribution >= 0.6 is 11.6 Å². The Morgan fingerprint density at radius 3 is 2.80 bits per heavy atom. The molecule has 0 saturated carbocycles. The van der Waals surface area contributed by atoms with Gasteiger partial charge in [0.25, 0.3) is 0 Å². The molecule has 6 heteroatoms. The van der Waals surface area contributed by atoms with E-state index < -0.39 is 0 Å². The Labute approximate surface area is 123 Å². The highest BCUT2D eigenvalue weighted by Crippen LogP contribution is 2.37. The SMILES string of the molecule is CCn1nc(C)c2nc(CCl)n(C3(C)CCOC3C)c21. The summed E-state index contributed by atoms with van der Waals surface area (Å²) in [6.45, 7) is 10.0. The number of imidazole rings is 1. The molecule has 0 spiro atoms. The minimum Gasteiger partial charge on any atom is -0.376 e. The van der Waals surface area contributed by atoms with Gasteiger partial charge in [-0.1, -0.05) is 0 Å². The Kier molecular flexibility index (Phi) is 3.29. The van der Waals surface area contributed by atoms with E-state index in [1.54, 1.807) is 0 Å². The van der Waals surface area contributed by atoms with Crippen LogP contribution in [0.15, 0.2) is 0 Å². The molecular weight excluding hydrogens is 276 g/mol. The molecule has 110 valence electrons. The zero-order valence-corrected chi connectivity index (χ0v) is 13.2. The molecular formula is C14H21ClN4O. The van der Waals surface area contributed by atoms with Gasteiger partial charge in [0.1, 0.15) is 11.3 Å². The molecule has 2 unspecified atom stereocenters. The monoisotopic (exact) mass is 296 g/mol. The van der Waals surface area contributed by atoms with E-state index in [2.05, 4.69) is 30.4 Å². The molecule has 1 aliphatic heterocycles. The standard InChI is InChI=1S/C14H21ClN4O/c1-5-18-13-12(9(2)17-18)16-11(8-15)19(13)14(4)6-7-20-10(14)3/h10H,5-8H2,1-4H3. The third-order valence-corrected chi connectivity index (χ3v) is 4.80. The third-order valence-electron chi connectivity index (χ3n) is 4.56. The number of aromatic nitrogens is 4. The number of nitrogens with zero attached hydrogens (tertiary/aromatic N) is 4. The van der Waals surface area contributed by atoms with Gasteiger partial charge < -0.3 is 9.30 Å². The predicted octanol–water partition coefficient (Wildman–Crippen LogP) is 2.82. The van der Waals surface area contributed by atoms with Crippen LogP contribution in [0.1, 0.15) is 38.7 Å². The molecule has 3 rings (SSSR count). The van der Waals surface area contributed by atoms with Crippen molar-refractivity contribution in [3.05, 3.63) is 11.5 Å². The van der Waals surface area contributed by atoms with Crippen LogP contribution in [-0.2, 0) is 22.7 Å². The second-order valence-electron chi connectivity index (χ2n) is 5.69. The number of halogens is 1. The molecule has 0 N–H and O–H groups in total. The minimum absolute atomic E-state index is 0.113. The fourth-order valence-electron chi connectivity index (χ4n) is 3.18. The minimum atomic E-state index is -0.113. The summed E-state index contributed by atoms with van der Waals surface area (Å²) < 4.78 is 10.1. The van der Waals surface area contributed by atoms with Gasteiger partial charge in [0.2, 0.25) is 0 Å². The van der Waals surface area contributed by atoms with Gasteiger partial charge in [0.15, 0.2) is 5.65 Å². The van der Waals surface area contributed by atoms with E-state index in [1.165, 1.54) is 0 Å². The van der Waals surface area contributed by atoms with Crippen LogP contribution in [0.5, 0.6) is 0 Å². The van der Waals surface area contributed by atoms with Gasteiger partial charge in [-0.05, 0) is 34.1 Å². The van der Waals surface area contributed by atoms with Crippen molar-refractivity contribution in [3.8, 4) is 0 Å². The molecule has 2 aromatic heterocycles. The van der Waals surface area contributed by atoms with E-state index in [0.29, 0.717) is 5.88 Å². The van der Waals surface area contributed by atoms with E-state index in [1.807, 2.05) is 11.6 Å². The summed E-state index contributed by atoms with van der Waals surface area (Å²) >= 11 is 6.14. The maximum Gasteiger partial charge on any atom is 0.159 e. The van der Waals surface area contributed by atoms with Crippen molar-refractivity contribution in [2.45, 2.75) is 58.2 Å². The lowest BCUT2D eigenvalue weighted by Gasteiger charge is -2.31. The highest BCUT2D eigenvalue weighted by Gasteiger charge is 2.42. The van der Waals surface area contributed by atoms with Crippen LogP contribution in [0.25, 0.3) is 11.2 Å². The molecule has 1 fully saturated rings. The van der Waals surface area contributed by atoms with Crippen LogP contribution in [-0.4, -0.2) is 32.0 Å². The molecule has 1 aliphatic rings. The summed E-state index contributed by atoms with van der Waals surface area (Å²) in [5.74, 6) is 1.31. The number of alkyl halides is 1. The van der Waals surface area contributed by atoms with Gasteiger partial charge in [0, 0.05) is 13.2 Å². The summed E-state index contributed by atoms with van der Waals surface area (Å²) in [6.07, 6.45) is 1.11. The summed E-state index contributed by atoms with van der Waals surface area (Å²) in [4.78, 5) is 4.72. The number of hydrogen-bond donors (Lipinski definition) is 0. The average molecular weight is 297 g/mol. The second-order valence-corrected chi connectivity index (χ2v) is 5.96. The quantitative estimate of drug-likeness (QED) is 0.818. The van der Waals surface area contributed by atoms with E-state index >= 15 is 0 Å². The summed E-state index contributed by atoms with van der Waals surface area (Å²) in [5.41, 5.74) is 2.88. The van der Waals surface area contributed by atoms with Gasteiger partial charge in [-0.25, -0.2) is 9.67 Å². The topological polar surface area (TPSA) is 44.9 Å². The van der Waals surface area contributed by atoms with Crippen molar-refractivity contribution in [3.63, 3.8) is 0 Å². The lowest BCUT2D eigenvalue weighted by atomic mass is 9.94. The van der Waals surface area contributed by atoms with Crippen molar-refractivity contribution in [2.75, 3.05) is 6.61 Å². The Morgan fingerprint density at radius 1 is 1.50 bits per heavy atom. The number of ether oxygens (including phenoxy) is 1. The first-order valence-corrected chi connectivity index (χ1v) is 7.69. The van der Waals surface area contributed by atoms with Gasteiger partial charge in [-0.3, -0.25) is 0 Å². The van der Waals surface area contributed by atoms with Gasteiger partial charge in [-0.15, -0.1) is 11.6 Å². The largest absolute Gasteiger partial charge is 0.376 e. The zero-order chi connectivity index (χ0) is 14.5. The molecule has 0 aromatic carbocycles. The van der Waals surface area contributed by atoms with E-state index in [4.69, 9.17) is 21.3 Å². The molecule has 2 atom stereocenters. The van der Waals surface area contributed by atoms with Crippen molar-refractivity contribution >= 4 is 22.8 Å². The van der Waals surface area contributed by atoms with Gasteiger partial charge >= 0.3 is 0 Å². The van der Waals surface area contributed by atoms with Crippen LogP contribution in [0, 0.1) is 6.92 Å². The van der Waals surface area contributed by atoms with Crippen molar-refractivity contribution in [1.29, 1.82) is 0 Å². The zero-order valence-electron chi connectivity index (χ0n) is 12.5. The van der Waals surface area contributed by atoms with Crippen molar-refractivity contribution in [2.24, 2.45) is 0 Å². The molecule has 0 amide bonds. The molecule has 20 heavy (non-hydrogen) atoms. The molecule has 1 saturated heterocycles. The number of rotatable bonds is 3. The fraction of sp³-hybridized carbons (Fsp3) is 0.714. The lowest BCUT2D eigenvalue weighted by molar-refractivity contribution is 0.0761. The molecule has 3 heterocycles. The Hall–Kier alpha value is -1.07. The first-order valence-electron chi connectivity index (χ1n) is 7.15. The Bertz CT molecular complexity index is 647. The maximum atomic E-state index is 6.14. The molecule has 0 bridgehead atoms. The Morgan fingerprint density at radius 2 is 2.25 bits per heavy atom. The molecule has 0 radical (unpaired) electrons. The summed E-state index contributed by atoms with van der Waals surface area (Å²) in [6, 6.07) is 0. The highest BCUT2D eigenvalue weighted by atomic mass is 35.5. The van der Waals surface area contributed by atoms with Gasteiger partial charge in [-0.2, -0.15) is 5.10 Å². The Balaban J connectivity index is 2.32. The molecule has 5 nitrogen and oxygen atoms in total. The predicted molar refractivity (Wildman–Crippen MR) is 79.2 cm³/mol. The number of aryl methyl sites for hydroxylation is 2. The van der Waals surface area contributed by atoms with E-state index in [-0.39, 0.29) is 11.6 Å². The first-order chi connectivity index (χ1) is 9.52. The second kappa shape index (κ2) is 4.74. The van der Waals surface area contributed by atoms with Crippen molar-refractivity contribution < 1.29 is 4.74 Å². The van der Waals surface area contributed by atoms with Crippen LogP contribution in [0.3, 0.4) is 0 Å². The molecule has 2 aromatic rings. The van der Waals surface area contributed by atoms with Crippen molar-refractivity contribution in [1.82, 2.24) is 19.3 Å². The first kappa shape index (κ1) is 13.9. The summed E-state index contributed by atoms with van der Waals surface area (Å²) in [5, 5.41) is 4.58.